The summed E-state index contributed by atoms with van der Waals surface area (Å²) < 4.78 is 6.70. The Bertz CT molecular complexity index is 2940. The van der Waals surface area contributed by atoms with Crippen molar-refractivity contribution in [2.45, 2.75) is 0 Å². The highest BCUT2D eigenvalue weighted by atomic mass is 16.3. The van der Waals surface area contributed by atoms with E-state index in [1.165, 1.54) is 81.3 Å². The molecule has 0 saturated heterocycles. The summed E-state index contributed by atoms with van der Waals surface area (Å²) in [6.07, 6.45) is 0. The molecule has 0 unspecified atom stereocenters. The van der Waals surface area contributed by atoms with Gasteiger partial charge in [0.15, 0.2) is 0 Å². The molecule has 0 saturated carbocycles. The second kappa shape index (κ2) is 8.37. The lowest BCUT2D eigenvalue weighted by Crippen LogP contribution is -1.87. The van der Waals surface area contributed by atoms with Crippen LogP contribution in [0.3, 0.4) is 0 Å². The van der Waals surface area contributed by atoms with Crippen molar-refractivity contribution in [3.63, 3.8) is 0 Å². The van der Waals surface area contributed by atoms with Gasteiger partial charge in [0.1, 0.15) is 11.2 Å². The van der Waals surface area contributed by atoms with Gasteiger partial charge in [-0.25, -0.2) is 0 Å². The summed E-state index contributed by atoms with van der Waals surface area (Å²) in [6, 6.07) is 53.6. The van der Waals surface area contributed by atoms with E-state index >= 15 is 0 Å². The zero-order valence-electron chi connectivity index (χ0n) is 24.3. The fourth-order valence-corrected chi connectivity index (χ4v) is 8.14. The predicted octanol–water partition coefficient (Wildman–Crippen LogP) is 12.7. The fourth-order valence-electron chi connectivity index (χ4n) is 8.14. The standard InChI is InChI=1S/C44H24O/c1-4-25-10-12-29-14-19-32(34-21-16-27(6-1)40(25)42(29)34)31-18-23-39-38(24-31)37-9-3-8-36(44(37)45-39)33-20-15-30-13-11-26-5-2-7-28-17-22-35(33)43(30)41(26)28/h1-24H. The predicted molar refractivity (Wildman–Crippen MR) is 192 cm³/mol. The average molecular weight is 569 g/mol. The van der Waals surface area contributed by atoms with Crippen LogP contribution in [-0.2, 0) is 0 Å². The molecule has 11 aromatic rings. The largest absolute Gasteiger partial charge is 0.455 e. The van der Waals surface area contributed by atoms with E-state index in [0.29, 0.717) is 0 Å². The first-order valence-electron chi connectivity index (χ1n) is 15.6. The second-order valence-electron chi connectivity index (χ2n) is 12.4. The Labute approximate surface area is 258 Å². The molecule has 1 heterocycles. The number of hydrogen-bond donors (Lipinski definition) is 0. The van der Waals surface area contributed by atoms with E-state index in [4.69, 9.17) is 4.42 Å². The monoisotopic (exact) mass is 568 g/mol. The molecule has 0 fully saturated rings. The number of furan rings is 1. The Morgan fingerprint density at radius 1 is 0.311 bits per heavy atom. The quantitative estimate of drug-likeness (QED) is 0.189. The summed E-state index contributed by atoms with van der Waals surface area (Å²) in [5.41, 5.74) is 6.64. The van der Waals surface area contributed by atoms with E-state index < -0.39 is 0 Å². The van der Waals surface area contributed by atoms with Crippen LogP contribution in [0.2, 0.25) is 0 Å². The average Bonchev–Trinajstić information content (AvgIpc) is 3.48. The van der Waals surface area contributed by atoms with Crippen LogP contribution in [0.25, 0.3) is 109 Å². The molecule has 0 aliphatic carbocycles. The van der Waals surface area contributed by atoms with Crippen molar-refractivity contribution in [2.75, 3.05) is 0 Å². The van der Waals surface area contributed by atoms with Crippen LogP contribution in [0, 0.1) is 0 Å². The molecule has 0 aliphatic heterocycles. The van der Waals surface area contributed by atoms with Crippen molar-refractivity contribution in [2.24, 2.45) is 0 Å². The van der Waals surface area contributed by atoms with Crippen molar-refractivity contribution >= 4 is 86.6 Å². The molecular weight excluding hydrogens is 544 g/mol. The SMILES string of the molecule is c1cc2ccc3ccc(-c4ccc5oc6c(-c7ccc8ccc9cccc%10ccc7c8c9%10)cccc6c5c4)c4ccc(c1)c2c34. The van der Waals surface area contributed by atoms with E-state index in [2.05, 4.69) is 146 Å². The third-order valence-corrected chi connectivity index (χ3v) is 10.2. The van der Waals surface area contributed by atoms with Crippen molar-refractivity contribution in [1.82, 2.24) is 0 Å². The summed E-state index contributed by atoms with van der Waals surface area (Å²) in [6.45, 7) is 0. The van der Waals surface area contributed by atoms with Gasteiger partial charge in [-0.15, -0.1) is 0 Å². The molecule has 1 nitrogen and oxygen atoms in total. The number of fused-ring (bicyclic) bond motifs is 3. The lowest BCUT2D eigenvalue weighted by molar-refractivity contribution is 0.670. The minimum Gasteiger partial charge on any atom is -0.455 e. The van der Waals surface area contributed by atoms with Gasteiger partial charge in [-0.2, -0.15) is 0 Å². The van der Waals surface area contributed by atoms with Gasteiger partial charge in [-0.05, 0) is 93.5 Å². The molecule has 0 atom stereocenters. The summed E-state index contributed by atoms with van der Waals surface area (Å²) in [7, 11) is 0. The van der Waals surface area contributed by atoms with Crippen LogP contribution in [0.15, 0.2) is 150 Å². The van der Waals surface area contributed by atoms with Crippen molar-refractivity contribution in [1.29, 1.82) is 0 Å². The molecule has 45 heavy (non-hydrogen) atoms. The third-order valence-electron chi connectivity index (χ3n) is 10.2. The highest BCUT2D eigenvalue weighted by Gasteiger charge is 2.18. The number of benzene rings is 10. The summed E-state index contributed by atoms with van der Waals surface area (Å²) in [4.78, 5) is 0. The van der Waals surface area contributed by atoms with Gasteiger partial charge in [-0.1, -0.05) is 133 Å². The Hall–Kier alpha value is -5.92. The van der Waals surface area contributed by atoms with E-state index in [0.717, 1.165) is 27.5 Å². The molecule has 0 aliphatic rings. The van der Waals surface area contributed by atoms with Crippen molar-refractivity contribution in [3.05, 3.63) is 146 Å². The fraction of sp³-hybridized carbons (Fsp3) is 0. The third kappa shape index (κ3) is 3.07. The zero-order valence-corrected chi connectivity index (χ0v) is 24.3. The van der Waals surface area contributed by atoms with E-state index in [1.54, 1.807) is 0 Å². The molecule has 0 N–H and O–H groups in total. The lowest BCUT2D eigenvalue weighted by atomic mass is 9.89. The van der Waals surface area contributed by atoms with Crippen LogP contribution in [0.4, 0.5) is 0 Å². The smallest absolute Gasteiger partial charge is 0.143 e. The van der Waals surface area contributed by atoms with Gasteiger partial charge >= 0.3 is 0 Å². The van der Waals surface area contributed by atoms with Gasteiger partial charge in [0, 0.05) is 16.3 Å². The maximum Gasteiger partial charge on any atom is 0.143 e. The number of para-hydroxylation sites is 1. The summed E-state index contributed by atoms with van der Waals surface area (Å²) in [5.74, 6) is 0. The first kappa shape index (κ1) is 23.5. The van der Waals surface area contributed by atoms with E-state index in [1.807, 2.05) is 0 Å². The Kier molecular flexibility index (Phi) is 4.38. The lowest BCUT2D eigenvalue weighted by Gasteiger charge is -2.14. The van der Waals surface area contributed by atoms with Crippen LogP contribution < -0.4 is 0 Å². The molecule has 0 spiro atoms. The van der Waals surface area contributed by atoms with E-state index in [-0.39, 0.29) is 0 Å². The number of hydrogen-bond acceptors (Lipinski definition) is 1. The first-order chi connectivity index (χ1) is 22.3. The Morgan fingerprint density at radius 3 is 1.47 bits per heavy atom. The molecule has 0 bridgehead atoms. The van der Waals surface area contributed by atoms with Crippen LogP contribution in [0.5, 0.6) is 0 Å². The van der Waals surface area contributed by atoms with Crippen molar-refractivity contribution in [3.8, 4) is 22.3 Å². The van der Waals surface area contributed by atoms with Gasteiger partial charge in [-0.3, -0.25) is 0 Å². The highest BCUT2D eigenvalue weighted by molar-refractivity contribution is 6.27. The van der Waals surface area contributed by atoms with Crippen molar-refractivity contribution < 1.29 is 4.42 Å². The minimum absolute atomic E-state index is 0.914. The zero-order chi connectivity index (χ0) is 29.2. The highest BCUT2D eigenvalue weighted by Crippen LogP contribution is 2.44. The molecular formula is C44H24O. The number of rotatable bonds is 2. The van der Waals surface area contributed by atoms with Gasteiger partial charge < -0.3 is 4.42 Å². The molecule has 0 amide bonds. The molecule has 11 rings (SSSR count). The summed E-state index contributed by atoms with van der Waals surface area (Å²) in [5, 5.41) is 17.9. The molecule has 1 heteroatoms. The molecule has 10 aromatic carbocycles. The molecule has 1 aromatic heterocycles. The maximum atomic E-state index is 6.70. The van der Waals surface area contributed by atoms with Crippen LogP contribution in [0.1, 0.15) is 0 Å². The normalized spacial score (nSPS) is 12.4. The van der Waals surface area contributed by atoms with E-state index in [9.17, 15) is 0 Å². The Morgan fingerprint density at radius 2 is 0.822 bits per heavy atom. The van der Waals surface area contributed by atoms with Gasteiger partial charge in [0.25, 0.3) is 0 Å². The Balaban J connectivity index is 1.15. The summed E-state index contributed by atoms with van der Waals surface area (Å²) >= 11 is 0. The first-order valence-corrected chi connectivity index (χ1v) is 15.6. The maximum absolute atomic E-state index is 6.70. The molecule has 0 radical (unpaired) electrons. The van der Waals surface area contributed by atoms with Crippen LogP contribution in [-0.4, -0.2) is 0 Å². The topological polar surface area (TPSA) is 13.1 Å². The molecule has 206 valence electrons. The van der Waals surface area contributed by atoms with Gasteiger partial charge in [0.2, 0.25) is 0 Å². The van der Waals surface area contributed by atoms with Crippen LogP contribution >= 0.6 is 0 Å². The van der Waals surface area contributed by atoms with Gasteiger partial charge in [0.05, 0.1) is 0 Å². The second-order valence-corrected chi connectivity index (χ2v) is 12.4. The minimum atomic E-state index is 0.914.